The first-order chi connectivity index (χ1) is 20.7. The maximum absolute atomic E-state index is 13.3. The lowest BCUT2D eigenvalue weighted by molar-refractivity contribution is -0.137. The average molecular weight is 592 g/mol. The van der Waals surface area contributed by atoms with Gasteiger partial charge in [0.2, 0.25) is 0 Å². The number of carbonyl (C=O) groups is 1. The van der Waals surface area contributed by atoms with Crippen molar-refractivity contribution in [2.75, 3.05) is 31.5 Å². The Morgan fingerprint density at radius 3 is 2.74 bits per heavy atom. The molecule has 0 spiro atoms. The van der Waals surface area contributed by atoms with Gasteiger partial charge in [-0.05, 0) is 49.0 Å². The maximum Gasteiger partial charge on any atom is 0.419 e. The van der Waals surface area contributed by atoms with Crippen molar-refractivity contribution in [3.63, 3.8) is 0 Å². The van der Waals surface area contributed by atoms with E-state index in [-0.39, 0.29) is 11.7 Å². The number of fused-ring (bicyclic) bond motifs is 1. The number of nitrogens with one attached hydrogen (secondary N) is 2. The molecule has 2 saturated heterocycles. The summed E-state index contributed by atoms with van der Waals surface area (Å²) in [5.41, 5.74) is 2.50. The van der Waals surface area contributed by atoms with Crippen LogP contribution in [0.15, 0.2) is 59.9 Å². The maximum atomic E-state index is 13.3. The smallest absolute Gasteiger partial charge is 0.346 e. The van der Waals surface area contributed by atoms with E-state index in [9.17, 15) is 23.2 Å². The molecular weight excluding hydrogens is 559 g/mol. The summed E-state index contributed by atoms with van der Waals surface area (Å²) in [6.45, 7) is 4.28. The van der Waals surface area contributed by atoms with Gasteiger partial charge in [0.25, 0.3) is 0 Å². The monoisotopic (exact) mass is 591 g/mol. The van der Waals surface area contributed by atoms with Gasteiger partial charge >= 0.3 is 12.2 Å². The molecule has 2 fully saturated rings. The average Bonchev–Trinajstić information content (AvgIpc) is 3.62. The van der Waals surface area contributed by atoms with Gasteiger partial charge in [0.15, 0.2) is 0 Å². The van der Waals surface area contributed by atoms with Gasteiger partial charge in [0.1, 0.15) is 11.0 Å². The highest BCUT2D eigenvalue weighted by molar-refractivity contribution is 5.90. The summed E-state index contributed by atoms with van der Waals surface area (Å²) in [4.78, 5) is 28.0. The van der Waals surface area contributed by atoms with Crippen molar-refractivity contribution in [2.45, 2.75) is 56.8 Å². The molecule has 0 aromatic carbocycles. The van der Waals surface area contributed by atoms with Crippen LogP contribution in [-0.4, -0.2) is 67.8 Å². The second-order valence-electron chi connectivity index (χ2n) is 11.4. The Labute approximate surface area is 246 Å². The van der Waals surface area contributed by atoms with E-state index in [1.54, 1.807) is 4.90 Å². The fourth-order valence-electron chi connectivity index (χ4n) is 6.26. The number of halogens is 3. The first kappa shape index (κ1) is 28.7. The van der Waals surface area contributed by atoms with Crippen LogP contribution < -0.4 is 16.0 Å². The third-order valence-corrected chi connectivity index (χ3v) is 8.74. The highest BCUT2D eigenvalue weighted by atomic mass is 19.4. The van der Waals surface area contributed by atoms with Gasteiger partial charge < -0.3 is 15.2 Å². The standard InChI is InChI=1S/C30H32F3N9O/c1-2-20-13-24(23-3-10-36-27(23)37-14-20)21-15-38-42(17-21)29(7-8-34)18-41(19-29)22-5-11-40(12-6-22)28(43)39-26-4-9-35-16-25(26)30(31,32)33/h3-4,9-10,14-17,22H,2,5-7,11-13,18-19H2,1H3,(H,36,37)(H,35,39,43). The van der Waals surface area contributed by atoms with E-state index in [1.165, 1.54) is 11.8 Å². The predicted octanol–water partition coefficient (Wildman–Crippen LogP) is 3.76. The normalized spacial score (nSPS) is 19.0. The Balaban J connectivity index is 1.11. The van der Waals surface area contributed by atoms with Crippen molar-refractivity contribution in [1.82, 2.24) is 29.5 Å². The summed E-state index contributed by atoms with van der Waals surface area (Å²) >= 11 is 0. The topological polar surface area (TPSA) is 118 Å². The second kappa shape index (κ2) is 11.3. The van der Waals surface area contributed by atoms with E-state index >= 15 is 0 Å². The molecule has 43 heavy (non-hydrogen) atoms. The van der Waals surface area contributed by atoms with Gasteiger partial charge in [0, 0.05) is 74.0 Å². The number of nitriles is 1. The number of H-pyrrole nitrogens is 1. The van der Waals surface area contributed by atoms with Crippen LogP contribution in [0.25, 0.3) is 5.57 Å². The molecule has 3 aliphatic heterocycles. The van der Waals surface area contributed by atoms with Gasteiger partial charge in [0.05, 0.1) is 29.9 Å². The number of allylic oxidation sites excluding steroid dienone is 1. The van der Waals surface area contributed by atoms with Crippen LogP contribution in [-0.2, 0) is 11.7 Å². The number of piperidine rings is 1. The van der Waals surface area contributed by atoms with E-state index in [0.29, 0.717) is 51.6 Å². The molecule has 2 N–H and O–H groups in total. The fraction of sp³-hybridized carbons (Fsp3) is 0.433. The zero-order valence-electron chi connectivity index (χ0n) is 23.7. The summed E-state index contributed by atoms with van der Waals surface area (Å²) < 4.78 is 41.9. The number of urea groups is 1. The SMILES string of the molecule is CCC1=CN=c2[nH]ccc2=C(c2cnn(C3(CC#N)CN(C4CCN(C(=O)Nc5ccncc5C(F)(F)F)CC4)C3)c2)C1. The fourth-order valence-corrected chi connectivity index (χ4v) is 6.26. The van der Waals surface area contributed by atoms with Crippen molar-refractivity contribution in [2.24, 2.45) is 4.99 Å². The lowest BCUT2D eigenvalue weighted by Gasteiger charge is -2.53. The molecule has 3 aliphatic rings. The Kier molecular flexibility index (Phi) is 7.56. The Hall–Kier alpha value is -4.44. The Morgan fingerprint density at radius 2 is 2.02 bits per heavy atom. The molecule has 3 aromatic heterocycles. The zero-order valence-corrected chi connectivity index (χ0v) is 23.7. The molecule has 2 amide bonds. The van der Waals surface area contributed by atoms with Crippen LogP contribution in [0.2, 0.25) is 0 Å². The quantitative estimate of drug-likeness (QED) is 0.453. The van der Waals surface area contributed by atoms with E-state index in [0.717, 1.165) is 40.8 Å². The lowest BCUT2D eigenvalue weighted by atomic mass is 9.83. The first-order valence-electron chi connectivity index (χ1n) is 14.4. The third kappa shape index (κ3) is 5.54. The Bertz CT molecular complexity index is 1700. The number of nitrogens with zero attached hydrogens (tertiary/aromatic N) is 7. The van der Waals surface area contributed by atoms with Crippen LogP contribution >= 0.6 is 0 Å². The van der Waals surface area contributed by atoms with Crippen LogP contribution in [0.3, 0.4) is 0 Å². The van der Waals surface area contributed by atoms with Gasteiger partial charge in [-0.2, -0.15) is 23.5 Å². The molecule has 0 bridgehead atoms. The number of aromatic nitrogens is 4. The van der Waals surface area contributed by atoms with Gasteiger partial charge in [-0.25, -0.2) is 9.79 Å². The van der Waals surface area contributed by atoms with Crippen molar-refractivity contribution in [3.8, 4) is 6.07 Å². The number of hydrogen-bond acceptors (Lipinski definition) is 6. The predicted molar refractivity (Wildman–Crippen MR) is 152 cm³/mol. The van der Waals surface area contributed by atoms with Crippen LogP contribution in [0, 0.1) is 11.3 Å². The molecule has 6 rings (SSSR count). The highest BCUT2D eigenvalue weighted by Crippen LogP contribution is 2.37. The first-order valence-corrected chi connectivity index (χ1v) is 14.4. The van der Waals surface area contributed by atoms with E-state index in [1.807, 2.05) is 35.5 Å². The summed E-state index contributed by atoms with van der Waals surface area (Å²) in [6.07, 6.45) is 8.42. The number of rotatable bonds is 6. The van der Waals surface area contributed by atoms with Gasteiger partial charge in [-0.1, -0.05) is 6.92 Å². The van der Waals surface area contributed by atoms with Crippen molar-refractivity contribution in [1.29, 1.82) is 5.26 Å². The van der Waals surface area contributed by atoms with Gasteiger partial charge in [-0.15, -0.1) is 0 Å². The minimum absolute atomic E-state index is 0.204. The molecule has 13 heteroatoms. The number of carbonyl (C=O) groups excluding carboxylic acids is 1. The van der Waals surface area contributed by atoms with Crippen LogP contribution in [0.5, 0.6) is 0 Å². The van der Waals surface area contributed by atoms with E-state index in [2.05, 4.69) is 38.2 Å². The molecule has 6 heterocycles. The van der Waals surface area contributed by atoms with Crippen LogP contribution in [0.1, 0.15) is 50.2 Å². The number of hydrogen-bond donors (Lipinski definition) is 2. The summed E-state index contributed by atoms with van der Waals surface area (Å²) in [6, 6.07) is 5.19. The molecule has 0 radical (unpaired) electrons. The van der Waals surface area contributed by atoms with E-state index in [4.69, 9.17) is 5.10 Å². The molecule has 0 unspecified atom stereocenters. The summed E-state index contributed by atoms with van der Waals surface area (Å²) in [5.74, 6) is 0. The number of pyridine rings is 1. The molecule has 3 aromatic rings. The third-order valence-electron chi connectivity index (χ3n) is 8.74. The second-order valence-corrected chi connectivity index (χ2v) is 11.4. The van der Waals surface area contributed by atoms with Crippen molar-refractivity contribution < 1.29 is 18.0 Å². The molecular formula is C30H32F3N9O. The molecule has 0 saturated carbocycles. The molecule has 0 aliphatic carbocycles. The number of amides is 2. The Morgan fingerprint density at radius 1 is 1.23 bits per heavy atom. The lowest BCUT2D eigenvalue weighted by Crippen LogP contribution is -2.66. The number of alkyl halides is 3. The summed E-state index contributed by atoms with van der Waals surface area (Å²) in [7, 11) is 0. The van der Waals surface area contributed by atoms with Gasteiger partial charge in [-0.3, -0.25) is 14.6 Å². The number of aromatic amines is 1. The molecule has 224 valence electrons. The summed E-state index contributed by atoms with van der Waals surface area (Å²) in [5, 5.41) is 17.9. The molecule has 0 atom stereocenters. The minimum Gasteiger partial charge on any atom is -0.346 e. The zero-order chi connectivity index (χ0) is 30.2. The molecule has 10 nitrogen and oxygen atoms in total. The van der Waals surface area contributed by atoms with Crippen molar-refractivity contribution in [3.05, 3.63) is 76.7 Å². The minimum atomic E-state index is -4.61. The van der Waals surface area contributed by atoms with Crippen molar-refractivity contribution >= 4 is 17.3 Å². The highest BCUT2D eigenvalue weighted by Gasteiger charge is 2.48. The number of anilines is 1. The van der Waals surface area contributed by atoms with E-state index < -0.39 is 23.3 Å². The van der Waals surface area contributed by atoms with Crippen LogP contribution in [0.4, 0.5) is 23.7 Å². The largest absolute Gasteiger partial charge is 0.419 e. The number of likely N-dealkylation sites (tertiary alicyclic amines) is 2.